The van der Waals surface area contributed by atoms with Crippen molar-refractivity contribution in [3.05, 3.63) is 89.6 Å². The molecule has 4 heteroatoms. The van der Waals surface area contributed by atoms with Gasteiger partial charge >= 0.3 is 6.18 Å². The van der Waals surface area contributed by atoms with E-state index in [2.05, 4.69) is 4.98 Å². The molecule has 0 bridgehead atoms. The molecule has 0 amide bonds. The summed E-state index contributed by atoms with van der Waals surface area (Å²) < 4.78 is 39.5. The van der Waals surface area contributed by atoms with E-state index in [1.165, 1.54) is 6.07 Å². The highest BCUT2D eigenvalue weighted by atomic mass is 19.4. The van der Waals surface area contributed by atoms with E-state index < -0.39 is 11.7 Å². The summed E-state index contributed by atoms with van der Waals surface area (Å²) in [5, 5.41) is 2.21. The van der Waals surface area contributed by atoms with Crippen LogP contribution in [0.2, 0.25) is 0 Å². The third-order valence-corrected chi connectivity index (χ3v) is 4.32. The molecule has 0 aliphatic heterocycles. The first-order chi connectivity index (χ1) is 12.0. The van der Waals surface area contributed by atoms with Gasteiger partial charge in [0.2, 0.25) is 0 Å². The van der Waals surface area contributed by atoms with E-state index in [0.717, 1.165) is 27.9 Å². The monoisotopic (exact) mass is 337 g/mol. The number of fused-ring (bicyclic) bond motifs is 3. The van der Waals surface area contributed by atoms with Gasteiger partial charge in [-0.25, -0.2) is 0 Å². The van der Waals surface area contributed by atoms with Crippen LogP contribution >= 0.6 is 0 Å². The fraction of sp³-hybridized carbons (Fsp3) is 0.0952. The number of nitrogens with zero attached hydrogens (tertiary/aromatic N) is 1. The van der Waals surface area contributed by atoms with Gasteiger partial charge in [0.1, 0.15) is 0 Å². The van der Waals surface area contributed by atoms with E-state index in [4.69, 9.17) is 0 Å². The number of alkyl halides is 3. The molecule has 0 aliphatic carbocycles. The fourth-order valence-corrected chi connectivity index (χ4v) is 3.12. The number of pyridine rings is 1. The molecule has 1 nitrogen and oxygen atoms in total. The smallest absolute Gasteiger partial charge is 0.252 e. The second-order valence-electron chi connectivity index (χ2n) is 6.00. The third-order valence-electron chi connectivity index (χ3n) is 4.32. The van der Waals surface area contributed by atoms with Crippen LogP contribution in [0, 0.1) is 0 Å². The Bertz CT molecular complexity index is 1050. The Balaban J connectivity index is 2.00. The van der Waals surface area contributed by atoms with E-state index >= 15 is 0 Å². The number of benzene rings is 3. The maximum Gasteiger partial charge on any atom is 0.416 e. The van der Waals surface area contributed by atoms with Gasteiger partial charge in [-0.1, -0.05) is 54.6 Å². The molecule has 0 unspecified atom stereocenters. The maximum atomic E-state index is 13.2. The molecule has 4 rings (SSSR count). The zero-order valence-electron chi connectivity index (χ0n) is 13.2. The van der Waals surface area contributed by atoms with Gasteiger partial charge in [-0.2, -0.15) is 13.2 Å². The van der Waals surface area contributed by atoms with Crippen LogP contribution < -0.4 is 0 Å². The average molecular weight is 337 g/mol. The van der Waals surface area contributed by atoms with Crippen LogP contribution in [0.5, 0.6) is 0 Å². The van der Waals surface area contributed by atoms with Crippen molar-refractivity contribution in [3.63, 3.8) is 0 Å². The van der Waals surface area contributed by atoms with E-state index in [9.17, 15) is 13.2 Å². The quantitative estimate of drug-likeness (QED) is 0.409. The minimum Gasteiger partial charge on any atom is -0.252 e. The molecule has 1 heterocycles. The zero-order valence-corrected chi connectivity index (χ0v) is 13.2. The molecular formula is C21H14F3N. The van der Waals surface area contributed by atoms with Crippen LogP contribution in [0.4, 0.5) is 13.2 Å². The third kappa shape index (κ3) is 2.95. The van der Waals surface area contributed by atoms with Gasteiger partial charge in [0.25, 0.3) is 0 Å². The molecular weight excluding hydrogens is 323 g/mol. The highest BCUT2D eigenvalue weighted by molar-refractivity contribution is 6.06. The Kier molecular flexibility index (Phi) is 3.68. The van der Waals surface area contributed by atoms with Gasteiger partial charge in [0.15, 0.2) is 0 Å². The number of rotatable bonds is 2. The summed E-state index contributed by atoms with van der Waals surface area (Å²) in [4.78, 5) is 4.65. The largest absolute Gasteiger partial charge is 0.416 e. The molecule has 1 aromatic heterocycles. The van der Waals surface area contributed by atoms with E-state index in [0.29, 0.717) is 17.5 Å². The van der Waals surface area contributed by atoms with Crippen LogP contribution in [-0.2, 0) is 12.6 Å². The lowest BCUT2D eigenvalue weighted by atomic mass is 9.98. The van der Waals surface area contributed by atoms with Crippen molar-refractivity contribution in [1.29, 1.82) is 0 Å². The fourth-order valence-electron chi connectivity index (χ4n) is 3.12. The zero-order chi connectivity index (χ0) is 17.4. The van der Waals surface area contributed by atoms with Gasteiger partial charge in [0.05, 0.1) is 16.8 Å². The van der Waals surface area contributed by atoms with Crippen molar-refractivity contribution in [1.82, 2.24) is 4.98 Å². The first-order valence-corrected chi connectivity index (χ1v) is 7.95. The predicted octanol–water partition coefficient (Wildman–Crippen LogP) is 6.00. The molecule has 0 aliphatic rings. The molecule has 0 spiro atoms. The van der Waals surface area contributed by atoms with Gasteiger partial charge < -0.3 is 0 Å². The SMILES string of the molecule is FC(F)(F)c1ccc2c(c1)c(Cc1ccccc1)nc1ccccc12. The van der Waals surface area contributed by atoms with Crippen molar-refractivity contribution < 1.29 is 13.2 Å². The molecule has 4 aromatic rings. The highest BCUT2D eigenvalue weighted by Crippen LogP contribution is 2.34. The number of halogens is 3. The average Bonchev–Trinajstić information content (AvgIpc) is 2.61. The van der Waals surface area contributed by atoms with Crippen LogP contribution in [0.3, 0.4) is 0 Å². The van der Waals surface area contributed by atoms with Crippen LogP contribution in [0.1, 0.15) is 16.8 Å². The van der Waals surface area contributed by atoms with Crippen molar-refractivity contribution in [2.75, 3.05) is 0 Å². The van der Waals surface area contributed by atoms with E-state index in [-0.39, 0.29) is 0 Å². The first-order valence-electron chi connectivity index (χ1n) is 7.95. The molecule has 0 N–H and O–H groups in total. The van der Waals surface area contributed by atoms with Crippen molar-refractivity contribution >= 4 is 21.7 Å². The van der Waals surface area contributed by atoms with E-state index in [1.54, 1.807) is 6.07 Å². The number of para-hydroxylation sites is 1. The standard InChI is InChI=1S/C21H14F3N/c22-21(23,24)15-10-11-16-17-8-4-5-9-19(17)25-20(18(16)13-15)12-14-6-2-1-3-7-14/h1-11,13H,12H2. The second-order valence-corrected chi connectivity index (χ2v) is 6.00. The van der Waals surface area contributed by atoms with Crippen molar-refractivity contribution in [2.24, 2.45) is 0 Å². The van der Waals surface area contributed by atoms with Crippen LogP contribution in [-0.4, -0.2) is 4.98 Å². The summed E-state index contributed by atoms with van der Waals surface area (Å²) in [5.74, 6) is 0. The Morgan fingerprint density at radius 2 is 1.44 bits per heavy atom. The van der Waals surface area contributed by atoms with Gasteiger partial charge in [-0.3, -0.25) is 4.98 Å². The van der Waals surface area contributed by atoms with Gasteiger partial charge in [-0.05, 0) is 29.1 Å². The summed E-state index contributed by atoms with van der Waals surface area (Å²) in [6.45, 7) is 0. The maximum absolute atomic E-state index is 13.2. The summed E-state index contributed by atoms with van der Waals surface area (Å²) in [5.41, 5.74) is 1.82. The number of hydrogen-bond donors (Lipinski definition) is 0. The Labute approximate surface area is 142 Å². The lowest BCUT2D eigenvalue weighted by Crippen LogP contribution is -2.05. The number of hydrogen-bond acceptors (Lipinski definition) is 1. The molecule has 0 fully saturated rings. The molecule has 25 heavy (non-hydrogen) atoms. The second kappa shape index (κ2) is 5.88. The normalized spacial score (nSPS) is 12.0. The molecule has 0 radical (unpaired) electrons. The topological polar surface area (TPSA) is 12.9 Å². The van der Waals surface area contributed by atoms with Crippen molar-refractivity contribution in [3.8, 4) is 0 Å². The first kappa shape index (κ1) is 15.6. The number of aromatic nitrogens is 1. The van der Waals surface area contributed by atoms with E-state index in [1.807, 2.05) is 54.6 Å². The van der Waals surface area contributed by atoms with Gasteiger partial charge in [-0.15, -0.1) is 0 Å². The van der Waals surface area contributed by atoms with Crippen LogP contribution in [0.15, 0.2) is 72.8 Å². The Morgan fingerprint density at radius 1 is 0.720 bits per heavy atom. The predicted molar refractivity (Wildman–Crippen MR) is 93.5 cm³/mol. The molecule has 0 atom stereocenters. The minimum atomic E-state index is -4.37. The van der Waals surface area contributed by atoms with Gasteiger partial charge in [0, 0.05) is 17.2 Å². The molecule has 0 saturated carbocycles. The Morgan fingerprint density at radius 3 is 2.20 bits per heavy atom. The molecule has 124 valence electrons. The summed E-state index contributed by atoms with van der Waals surface area (Å²) >= 11 is 0. The minimum absolute atomic E-state index is 0.490. The van der Waals surface area contributed by atoms with Crippen molar-refractivity contribution in [2.45, 2.75) is 12.6 Å². The molecule has 0 saturated heterocycles. The highest BCUT2D eigenvalue weighted by Gasteiger charge is 2.30. The van der Waals surface area contributed by atoms with Crippen LogP contribution in [0.25, 0.3) is 21.7 Å². The Hall–Kier alpha value is -2.88. The lowest BCUT2D eigenvalue weighted by molar-refractivity contribution is -0.137. The summed E-state index contributed by atoms with van der Waals surface area (Å²) in [7, 11) is 0. The summed E-state index contributed by atoms with van der Waals surface area (Å²) in [6.07, 6.45) is -3.88. The molecule has 3 aromatic carbocycles. The lowest BCUT2D eigenvalue weighted by Gasteiger charge is -2.13. The summed E-state index contributed by atoms with van der Waals surface area (Å²) in [6, 6.07) is 21.1.